The number of carbonyl (C=O) groups is 3. The quantitative estimate of drug-likeness (QED) is 0.823. The second-order valence-electron chi connectivity index (χ2n) is 3.99. The topological polar surface area (TPSA) is 92.7 Å². The molecule has 104 valence electrons. The van der Waals surface area contributed by atoms with Crippen molar-refractivity contribution in [2.75, 3.05) is 0 Å². The van der Waals surface area contributed by atoms with Crippen LogP contribution in [0, 0.1) is 0 Å². The molecular formula is C13H11NO5S. The number of para-hydroxylation sites is 1. The van der Waals surface area contributed by atoms with Crippen LogP contribution in [-0.4, -0.2) is 28.3 Å². The highest BCUT2D eigenvalue weighted by molar-refractivity contribution is 8.18. The van der Waals surface area contributed by atoms with Gasteiger partial charge in [0.05, 0.1) is 4.91 Å². The Kier molecular flexibility index (Phi) is 4.09. The molecule has 0 saturated carbocycles. The molecule has 2 N–H and O–H groups in total. The molecule has 2 amide bonds. The number of carbonyl (C=O) groups excluding carboxylic acids is 2. The van der Waals surface area contributed by atoms with Gasteiger partial charge in [0.15, 0.2) is 6.10 Å². The van der Waals surface area contributed by atoms with E-state index in [1.807, 2.05) is 0 Å². The summed E-state index contributed by atoms with van der Waals surface area (Å²) in [6.45, 7) is 1.41. The molecule has 1 aromatic rings. The number of hydrogen-bond donors (Lipinski definition) is 2. The molecule has 0 bridgehead atoms. The zero-order valence-electron chi connectivity index (χ0n) is 10.5. The van der Waals surface area contributed by atoms with E-state index in [-0.39, 0.29) is 4.91 Å². The van der Waals surface area contributed by atoms with E-state index in [4.69, 9.17) is 9.84 Å². The molecule has 0 aliphatic carbocycles. The first-order valence-electron chi connectivity index (χ1n) is 5.70. The molecule has 20 heavy (non-hydrogen) atoms. The van der Waals surface area contributed by atoms with E-state index in [2.05, 4.69) is 5.32 Å². The van der Waals surface area contributed by atoms with Crippen LogP contribution in [0.1, 0.15) is 12.5 Å². The smallest absolute Gasteiger partial charge is 0.344 e. The van der Waals surface area contributed by atoms with E-state index >= 15 is 0 Å². The van der Waals surface area contributed by atoms with Crippen LogP contribution in [0.5, 0.6) is 5.75 Å². The summed E-state index contributed by atoms with van der Waals surface area (Å²) in [6.07, 6.45) is 0.482. The molecular weight excluding hydrogens is 282 g/mol. The van der Waals surface area contributed by atoms with Gasteiger partial charge in [-0.2, -0.15) is 0 Å². The van der Waals surface area contributed by atoms with Crippen LogP contribution in [0.25, 0.3) is 6.08 Å². The highest BCUT2D eigenvalue weighted by atomic mass is 32.2. The molecule has 1 unspecified atom stereocenters. The maximum absolute atomic E-state index is 11.5. The predicted molar refractivity (Wildman–Crippen MR) is 73.3 cm³/mol. The molecule has 1 aliphatic rings. The van der Waals surface area contributed by atoms with Gasteiger partial charge in [0.25, 0.3) is 11.1 Å². The summed E-state index contributed by atoms with van der Waals surface area (Å²) < 4.78 is 5.31. The number of amides is 2. The van der Waals surface area contributed by atoms with Crippen LogP contribution in [0.3, 0.4) is 0 Å². The predicted octanol–water partition coefficient (Wildman–Crippen LogP) is 1.86. The van der Waals surface area contributed by atoms with Crippen molar-refractivity contribution >= 4 is 35.0 Å². The minimum Gasteiger partial charge on any atom is -0.479 e. The zero-order chi connectivity index (χ0) is 14.7. The lowest BCUT2D eigenvalue weighted by atomic mass is 10.2. The number of rotatable bonds is 4. The fourth-order valence-corrected chi connectivity index (χ4v) is 2.18. The minimum absolute atomic E-state index is 0.244. The van der Waals surface area contributed by atoms with Crippen molar-refractivity contribution in [2.24, 2.45) is 0 Å². The number of imide groups is 1. The van der Waals surface area contributed by atoms with Gasteiger partial charge in [0.2, 0.25) is 0 Å². The number of carboxylic acids is 1. The fourth-order valence-electron chi connectivity index (χ4n) is 1.51. The van der Waals surface area contributed by atoms with Gasteiger partial charge < -0.3 is 9.84 Å². The maximum Gasteiger partial charge on any atom is 0.344 e. The van der Waals surface area contributed by atoms with Gasteiger partial charge in [0.1, 0.15) is 5.75 Å². The molecule has 1 atom stereocenters. The third-order valence-electron chi connectivity index (χ3n) is 2.50. The Morgan fingerprint density at radius 1 is 1.40 bits per heavy atom. The Morgan fingerprint density at radius 3 is 2.70 bits per heavy atom. The molecule has 6 nitrogen and oxygen atoms in total. The third kappa shape index (κ3) is 3.18. The Labute approximate surface area is 118 Å². The van der Waals surface area contributed by atoms with Crippen molar-refractivity contribution < 1.29 is 24.2 Å². The van der Waals surface area contributed by atoms with Crippen molar-refractivity contribution in [1.82, 2.24) is 5.32 Å². The first kappa shape index (κ1) is 14.1. The number of ether oxygens (including phenoxy) is 1. The van der Waals surface area contributed by atoms with Crippen molar-refractivity contribution in [3.05, 3.63) is 34.7 Å². The number of aliphatic carboxylic acids is 1. The standard InChI is InChI=1S/C13H11NO5S/c1-7(12(16)17)19-9-5-3-2-4-8(9)6-10-11(15)14-13(18)20-10/h2-7H,1H3,(H,16,17)(H,14,15,18)/b10-6+. The van der Waals surface area contributed by atoms with Crippen molar-refractivity contribution in [1.29, 1.82) is 0 Å². The number of thioether (sulfide) groups is 1. The van der Waals surface area contributed by atoms with Gasteiger partial charge in [-0.25, -0.2) is 4.79 Å². The van der Waals surface area contributed by atoms with Gasteiger partial charge in [-0.05, 0) is 30.8 Å². The van der Waals surface area contributed by atoms with Crippen LogP contribution in [0.2, 0.25) is 0 Å². The lowest BCUT2D eigenvalue weighted by Crippen LogP contribution is -2.23. The molecule has 2 rings (SSSR count). The first-order valence-corrected chi connectivity index (χ1v) is 6.52. The Balaban J connectivity index is 2.29. The number of carboxylic acid groups (broad SMARTS) is 1. The lowest BCUT2D eigenvalue weighted by molar-refractivity contribution is -0.144. The lowest BCUT2D eigenvalue weighted by Gasteiger charge is -2.12. The second-order valence-corrected chi connectivity index (χ2v) is 5.00. The monoisotopic (exact) mass is 293 g/mol. The summed E-state index contributed by atoms with van der Waals surface area (Å²) in [7, 11) is 0. The molecule has 1 saturated heterocycles. The van der Waals surface area contributed by atoms with Gasteiger partial charge in [-0.1, -0.05) is 18.2 Å². The van der Waals surface area contributed by atoms with Gasteiger partial charge >= 0.3 is 5.97 Å². The van der Waals surface area contributed by atoms with E-state index in [9.17, 15) is 14.4 Å². The van der Waals surface area contributed by atoms with Crippen molar-refractivity contribution in [3.63, 3.8) is 0 Å². The van der Waals surface area contributed by atoms with Gasteiger partial charge in [-0.3, -0.25) is 14.9 Å². The van der Waals surface area contributed by atoms with Gasteiger partial charge in [0, 0.05) is 5.56 Å². The zero-order valence-corrected chi connectivity index (χ0v) is 11.3. The number of nitrogens with one attached hydrogen (secondary N) is 1. The number of benzene rings is 1. The van der Waals surface area contributed by atoms with E-state index < -0.39 is 23.2 Å². The first-order chi connectivity index (χ1) is 9.47. The Morgan fingerprint density at radius 2 is 2.10 bits per heavy atom. The van der Waals surface area contributed by atoms with Crippen LogP contribution < -0.4 is 10.1 Å². The second kappa shape index (κ2) is 5.79. The minimum atomic E-state index is -1.09. The SMILES string of the molecule is CC(Oc1ccccc1/C=C1/SC(=O)NC1=O)C(=O)O. The van der Waals surface area contributed by atoms with Crippen LogP contribution in [0.15, 0.2) is 29.2 Å². The highest BCUT2D eigenvalue weighted by Crippen LogP contribution is 2.29. The number of hydrogen-bond acceptors (Lipinski definition) is 5. The molecule has 7 heteroatoms. The molecule has 1 aromatic carbocycles. The fraction of sp³-hybridized carbons (Fsp3) is 0.154. The summed E-state index contributed by atoms with van der Waals surface area (Å²) in [5.41, 5.74) is 0.535. The maximum atomic E-state index is 11.5. The average molecular weight is 293 g/mol. The third-order valence-corrected chi connectivity index (χ3v) is 3.31. The van der Waals surface area contributed by atoms with Gasteiger partial charge in [-0.15, -0.1) is 0 Å². The van der Waals surface area contributed by atoms with E-state index in [0.717, 1.165) is 11.8 Å². The molecule has 1 aliphatic heterocycles. The van der Waals surface area contributed by atoms with Crippen molar-refractivity contribution in [3.8, 4) is 5.75 Å². The Hall–Kier alpha value is -2.28. The van der Waals surface area contributed by atoms with Crippen LogP contribution >= 0.6 is 11.8 Å². The largest absolute Gasteiger partial charge is 0.479 e. The summed E-state index contributed by atoms with van der Waals surface area (Å²) in [4.78, 5) is 33.6. The molecule has 0 aromatic heterocycles. The molecule has 1 heterocycles. The van der Waals surface area contributed by atoms with Crippen LogP contribution in [-0.2, 0) is 9.59 Å². The summed E-state index contributed by atoms with van der Waals surface area (Å²) in [5.74, 6) is -1.22. The highest BCUT2D eigenvalue weighted by Gasteiger charge is 2.25. The summed E-state index contributed by atoms with van der Waals surface area (Å²) >= 11 is 0.792. The normalized spacial score (nSPS) is 17.9. The Bertz CT molecular complexity index is 611. The molecule has 0 radical (unpaired) electrons. The summed E-state index contributed by atoms with van der Waals surface area (Å²) in [6, 6.07) is 6.70. The van der Waals surface area contributed by atoms with Crippen molar-refractivity contribution in [2.45, 2.75) is 13.0 Å². The summed E-state index contributed by atoms with van der Waals surface area (Å²) in [5, 5.41) is 10.6. The van der Waals surface area contributed by atoms with E-state index in [0.29, 0.717) is 11.3 Å². The molecule has 1 fully saturated rings. The van der Waals surface area contributed by atoms with Crippen LogP contribution in [0.4, 0.5) is 4.79 Å². The average Bonchev–Trinajstić information content (AvgIpc) is 2.70. The molecule has 0 spiro atoms. The van der Waals surface area contributed by atoms with E-state index in [1.165, 1.54) is 13.0 Å². The van der Waals surface area contributed by atoms with E-state index in [1.54, 1.807) is 24.3 Å².